The van der Waals surface area contributed by atoms with E-state index in [4.69, 9.17) is 4.43 Å². The molecule has 1 fully saturated rings. The fourth-order valence-corrected chi connectivity index (χ4v) is 5.16. The van der Waals surface area contributed by atoms with E-state index in [1.807, 2.05) is 0 Å². The predicted molar refractivity (Wildman–Crippen MR) is 55.9 cm³/mol. The highest BCUT2D eigenvalue weighted by Crippen LogP contribution is 2.38. The fourth-order valence-electron chi connectivity index (χ4n) is 2.00. The van der Waals surface area contributed by atoms with Crippen LogP contribution in [0.3, 0.4) is 0 Å². The standard InChI is InChI=1S/C10H22OSi/c1-9(2)12(5)8-6-7-10(3,4)11-12/h9H,6-8H2,1-5H3. The van der Waals surface area contributed by atoms with Crippen LogP contribution in [0.5, 0.6) is 0 Å². The van der Waals surface area contributed by atoms with Gasteiger partial charge in [0, 0.05) is 0 Å². The van der Waals surface area contributed by atoms with Gasteiger partial charge in [0.05, 0.1) is 5.60 Å². The average Bonchev–Trinajstić information content (AvgIpc) is 1.83. The van der Waals surface area contributed by atoms with Crippen LogP contribution in [0.4, 0.5) is 0 Å². The molecule has 0 aliphatic carbocycles. The van der Waals surface area contributed by atoms with Crippen molar-refractivity contribution >= 4 is 8.32 Å². The second-order valence-electron chi connectivity index (χ2n) is 5.18. The molecule has 0 spiro atoms. The summed E-state index contributed by atoms with van der Waals surface area (Å²) in [4.78, 5) is 0. The van der Waals surface area contributed by atoms with E-state index >= 15 is 0 Å². The van der Waals surface area contributed by atoms with Gasteiger partial charge in [-0.1, -0.05) is 20.3 Å². The van der Waals surface area contributed by atoms with Gasteiger partial charge in [-0.3, -0.25) is 0 Å². The minimum absolute atomic E-state index is 0.156. The topological polar surface area (TPSA) is 9.23 Å². The molecule has 1 aliphatic rings. The maximum atomic E-state index is 6.26. The van der Waals surface area contributed by atoms with Gasteiger partial charge in [0.2, 0.25) is 0 Å². The summed E-state index contributed by atoms with van der Waals surface area (Å²) in [6.07, 6.45) is 2.61. The van der Waals surface area contributed by atoms with E-state index in [1.165, 1.54) is 18.9 Å². The number of hydrogen-bond acceptors (Lipinski definition) is 1. The molecule has 12 heavy (non-hydrogen) atoms. The number of hydrogen-bond donors (Lipinski definition) is 0. The molecule has 72 valence electrons. The third-order valence-corrected chi connectivity index (χ3v) is 7.99. The first-order valence-corrected chi connectivity index (χ1v) is 7.75. The minimum atomic E-state index is -1.35. The molecule has 1 rings (SSSR count). The second kappa shape index (κ2) is 3.15. The van der Waals surface area contributed by atoms with Gasteiger partial charge in [-0.2, -0.15) is 0 Å². The summed E-state index contributed by atoms with van der Waals surface area (Å²) in [6.45, 7) is 11.5. The zero-order chi connectivity index (χ0) is 9.41. The summed E-state index contributed by atoms with van der Waals surface area (Å²) < 4.78 is 6.26. The van der Waals surface area contributed by atoms with Crippen molar-refractivity contribution in [3.63, 3.8) is 0 Å². The lowest BCUT2D eigenvalue weighted by Crippen LogP contribution is -2.49. The first-order valence-electron chi connectivity index (χ1n) is 5.06. The lowest BCUT2D eigenvalue weighted by atomic mass is 10.0. The maximum absolute atomic E-state index is 6.26. The summed E-state index contributed by atoms with van der Waals surface area (Å²) in [5.74, 6) is 0. The molecule has 0 aromatic rings. The van der Waals surface area contributed by atoms with E-state index in [-0.39, 0.29) is 5.60 Å². The summed E-state index contributed by atoms with van der Waals surface area (Å²) >= 11 is 0. The van der Waals surface area contributed by atoms with Gasteiger partial charge in [-0.05, 0) is 38.4 Å². The van der Waals surface area contributed by atoms with E-state index in [2.05, 4.69) is 34.2 Å². The highest BCUT2D eigenvalue weighted by atomic mass is 28.4. The van der Waals surface area contributed by atoms with Crippen LogP contribution in [-0.4, -0.2) is 13.9 Å². The molecule has 0 amide bonds. The Balaban J connectivity index is 2.68. The Kier molecular flexibility index (Phi) is 2.69. The molecule has 1 atom stereocenters. The van der Waals surface area contributed by atoms with Gasteiger partial charge < -0.3 is 4.43 Å². The predicted octanol–water partition coefficient (Wildman–Crippen LogP) is 3.56. The Hall–Kier alpha value is 0.177. The van der Waals surface area contributed by atoms with Crippen LogP contribution >= 0.6 is 0 Å². The van der Waals surface area contributed by atoms with Crippen LogP contribution in [0.1, 0.15) is 40.5 Å². The molecule has 0 aromatic heterocycles. The maximum Gasteiger partial charge on any atom is 0.193 e. The van der Waals surface area contributed by atoms with E-state index in [0.29, 0.717) is 0 Å². The van der Waals surface area contributed by atoms with Crippen molar-refractivity contribution in [1.82, 2.24) is 0 Å². The van der Waals surface area contributed by atoms with Gasteiger partial charge >= 0.3 is 0 Å². The molecule has 1 heterocycles. The van der Waals surface area contributed by atoms with Gasteiger partial charge in [0.1, 0.15) is 0 Å². The zero-order valence-electron chi connectivity index (χ0n) is 9.11. The molecular weight excluding hydrogens is 164 g/mol. The van der Waals surface area contributed by atoms with Crippen molar-refractivity contribution in [3.8, 4) is 0 Å². The van der Waals surface area contributed by atoms with Crippen LogP contribution in [-0.2, 0) is 4.43 Å². The van der Waals surface area contributed by atoms with E-state index in [1.54, 1.807) is 0 Å². The molecule has 0 radical (unpaired) electrons. The summed E-state index contributed by atoms with van der Waals surface area (Å²) in [7, 11) is -1.35. The first-order chi connectivity index (χ1) is 5.36. The largest absolute Gasteiger partial charge is 0.412 e. The molecule has 0 N–H and O–H groups in total. The quantitative estimate of drug-likeness (QED) is 0.569. The van der Waals surface area contributed by atoms with Gasteiger partial charge in [-0.25, -0.2) is 0 Å². The third-order valence-electron chi connectivity index (χ3n) is 3.18. The molecule has 0 aromatic carbocycles. The van der Waals surface area contributed by atoms with Crippen molar-refractivity contribution < 1.29 is 4.43 Å². The molecule has 0 saturated carbocycles. The van der Waals surface area contributed by atoms with Crippen molar-refractivity contribution in [1.29, 1.82) is 0 Å². The van der Waals surface area contributed by atoms with Gasteiger partial charge in [0.25, 0.3) is 0 Å². The molecule has 0 bridgehead atoms. The van der Waals surface area contributed by atoms with Gasteiger partial charge in [-0.15, -0.1) is 0 Å². The number of rotatable bonds is 1. The summed E-state index contributed by atoms with van der Waals surface area (Å²) in [6, 6.07) is 1.36. The summed E-state index contributed by atoms with van der Waals surface area (Å²) in [5.41, 5.74) is 0.917. The zero-order valence-corrected chi connectivity index (χ0v) is 10.1. The second-order valence-corrected chi connectivity index (χ2v) is 9.67. The van der Waals surface area contributed by atoms with Crippen LogP contribution < -0.4 is 0 Å². The lowest BCUT2D eigenvalue weighted by Gasteiger charge is -2.44. The highest BCUT2D eigenvalue weighted by Gasteiger charge is 2.41. The van der Waals surface area contributed by atoms with Crippen LogP contribution in [0.25, 0.3) is 0 Å². The Morgan fingerprint density at radius 2 is 1.92 bits per heavy atom. The fraction of sp³-hybridized carbons (Fsp3) is 1.00. The normalized spacial score (nSPS) is 35.5. The van der Waals surface area contributed by atoms with E-state index in [0.717, 1.165) is 5.54 Å². The molecular formula is C10H22OSi. The van der Waals surface area contributed by atoms with E-state index in [9.17, 15) is 0 Å². The van der Waals surface area contributed by atoms with Crippen molar-refractivity contribution in [2.24, 2.45) is 0 Å². The Labute approximate surface area is 77.6 Å². The van der Waals surface area contributed by atoms with Crippen LogP contribution in [0.15, 0.2) is 0 Å². The molecule has 1 saturated heterocycles. The monoisotopic (exact) mass is 186 g/mol. The molecule has 2 heteroatoms. The SMILES string of the molecule is CC(C)[Si]1(C)CCCC(C)(C)O1. The van der Waals surface area contributed by atoms with Crippen molar-refractivity contribution in [2.75, 3.05) is 0 Å². The Morgan fingerprint density at radius 1 is 1.33 bits per heavy atom. The minimum Gasteiger partial charge on any atom is -0.412 e. The van der Waals surface area contributed by atoms with Crippen molar-refractivity contribution in [2.45, 2.75) is 64.3 Å². The summed E-state index contributed by atoms with van der Waals surface area (Å²) in [5, 5.41) is 0. The average molecular weight is 186 g/mol. The van der Waals surface area contributed by atoms with Crippen LogP contribution in [0.2, 0.25) is 18.1 Å². The molecule has 1 unspecified atom stereocenters. The van der Waals surface area contributed by atoms with Crippen molar-refractivity contribution in [3.05, 3.63) is 0 Å². The molecule has 1 nitrogen and oxygen atoms in total. The van der Waals surface area contributed by atoms with Crippen LogP contribution in [0, 0.1) is 0 Å². The Bertz CT molecular complexity index is 165. The third kappa shape index (κ3) is 2.11. The smallest absolute Gasteiger partial charge is 0.193 e. The molecule has 1 aliphatic heterocycles. The van der Waals surface area contributed by atoms with E-state index < -0.39 is 8.32 Å². The lowest BCUT2D eigenvalue weighted by molar-refractivity contribution is 0.0674. The first kappa shape index (κ1) is 10.3. The van der Waals surface area contributed by atoms with Gasteiger partial charge in [0.15, 0.2) is 8.32 Å². The highest BCUT2D eigenvalue weighted by molar-refractivity contribution is 6.74. The Morgan fingerprint density at radius 3 is 2.25 bits per heavy atom.